The number of benzene rings is 2. The molecule has 2 aliphatic heterocycles. The van der Waals surface area contributed by atoms with Crippen molar-refractivity contribution >= 4 is 22.4 Å². The van der Waals surface area contributed by atoms with Crippen LogP contribution in [-0.4, -0.2) is 37.2 Å². The lowest BCUT2D eigenvalue weighted by atomic mass is 9.85. The molecule has 7 heteroatoms. The first-order chi connectivity index (χ1) is 18.1. The van der Waals surface area contributed by atoms with Crippen LogP contribution in [0.2, 0.25) is 0 Å². The number of hydrogen-bond donors (Lipinski definition) is 1. The minimum atomic E-state index is -0.00776. The molecule has 2 fully saturated rings. The molecule has 3 atom stereocenters. The first-order valence-corrected chi connectivity index (χ1v) is 14.4. The maximum atomic E-state index is 12.5. The van der Waals surface area contributed by atoms with E-state index < -0.39 is 0 Å². The SMILES string of the molecule is CCOC(=O)[C@H]1[C@@H]2CC[C@H]1CN(c1nc(-c3cc(C)ccc3OCc3ccc4c(c3)CCNC4)cs1)C2. The summed E-state index contributed by atoms with van der Waals surface area (Å²) in [6, 6.07) is 13.0. The van der Waals surface area contributed by atoms with E-state index >= 15 is 0 Å². The first-order valence-electron chi connectivity index (χ1n) is 13.5. The highest BCUT2D eigenvalue weighted by Gasteiger charge is 2.47. The summed E-state index contributed by atoms with van der Waals surface area (Å²) in [5.74, 6) is 1.62. The zero-order chi connectivity index (χ0) is 25.4. The molecule has 2 aromatic carbocycles. The predicted molar refractivity (Wildman–Crippen MR) is 147 cm³/mol. The summed E-state index contributed by atoms with van der Waals surface area (Å²) in [4.78, 5) is 20.0. The van der Waals surface area contributed by atoms with Crippen LogP contribution in [0.5, 0.6) is 5.75 Å². The number of piperidine rings is 1. The van der Waals surface area contributed by atoms with Gasteiger partial charge < -0.3 is 19.7 Å². The molecule has 6 rings (SSSR count). The average Bonchev–Trinajstić information content (AvgIpc) is 3.50. The molecule has 1 N–H and O–H groups in total. The summed E-state index contributed by atoms with van der Waals surface area (Å²) in [6.07, 6.45) is 3.26. The second kappa shape index (κ2) is 10.5. The second-order valence-electron chi connectivity index (χ2n) is 10.6. The second-order valence-corrected chi connectivity index (χ2v) is 11.5. The van der Waals surface area contributed by atoms with Gasteiger partial charge in [0.05, 0.1) is 18.2 Å². The van der Waals surface area contributed by atoms with Crippen molar-refractivity contribution in [2.45, 2.75) is 46.3 Å². The number of esters is 1. The molecule has 37 heavy (non-hydrogen) atoms. The number of aryl methyl sites for hydroxylation is 1. The van der Waals surface area contributed by atoms with Crippen molar-refractivity contribution in [2.75, 3.05) is 31.1 Å². The van der Waals surface area contributed by atoms with Gasteiger partial charge in [-0.3, -0.25) is 4.79 Å². The molecule has 1 saturated heterocycles. The van der Waals surface area contributed by atoms with E-state index in [1.54, 1.807) is 11.3 Å². The van der Waals surface area contributed by atoms with Gasteiger partial charge in [0, 0.05) is 30.6 Å². The van der Waals surface area contributed by atoms with Gasteiger partial charge in [-0.25, -0.2) is 4.98 Å². The predicted octanol–water partition coefficient (Wildman–Crippen LogP) is 5.37. The standard InChI is InChI=1S/C30H35N3O3S/c1-3-35-29(34)28-23-7-8-24(28)16-33(15-23)30-32-26(18-37-30)25-12-19(2)4-9-27(25)36-17-20-5-6-22-14-31-11-10-21(22)13-20/h4-6,9,12-13,18,23-24,28,31H,3,7-8,10-11,14-17H2,1-2H3/t23-,24+,28+. The molecular weight excluding hydrogens is 482 g/mol. The highest BCUT2D eigenvalue weighted by molar-refractivity contribution is 7.14. The third-order valence-corrected chi connectivity index (χ3v) is 9.02. The quantitative estimate of drug-likeness (QED) is 0.425. The van der Waals surface area contributed by atoms with E-state index in [9.17, 15) is 4.79 Å². The molecule has 3 heterocycles. The maximum absolute atomic E-state index is 12.5. The smallest absolute Gasteiger partial charge is 0.309 e. The molecule has 0 amide bonds. The van der Waals surface area contributed by atoms with Crippen molar-refractivity contribution < 1.29 is 14.3 Å². The van der Waals surface area contributed by atoms with Gasteiger partial charge in [-0.05, 0) is 80.3 Å². The van der Waals surface area contributed by atoms with Crippen molar-refractivity contribution in [3.05, 3.63) is 64.0 Å². The summed E-state index contributed by atoms with van der Waals surface area (Å²) in [5, 5.41) is 6.61. The number of rotatable bonds is 7. The number of ether oxygens (including phenoxy) is 2. The molecule has 6 nitrogen and oxygen atoms in total. The van der Waals surface area contributed by atoms with E-state index in [2.05, 4.69) is 58.9 Å². The molecule has 3 aliphatic rings. The minimum Gasteiger partial charge on any atom is -0.488 e. The molecular formula is C30H35N3O3S. The van der Waals surface area contributed by atoms with Crippen LogP contribution in [0.25, 0.3) is 11.3 Å². The van der Waals surface area contributed by atoms with Gasteiger partial charge in [-0.15, -0.1) is 11.3 Å². The normalized spacial score (nSPS) is 22.5. The Morgan fingerprint density at radius 3 is 2.78 bits per heavy atom. The molecule has 0 radical (unpaired) electrons. The number of hydrogen-bond acceptors (Lipinski definition) is 7. The zero-order valence-corrected chi connectivity index (χ0v) is 22.5. The van der Waals surface area contributed by atoms with Crippen LogP contribution in [0, 0.1) is 24.7 Å². The zero-order valence-electron chi connectivity index (χ0n) is 21.7. The number of carbonyl (C=O) groups excluding carboxylic acids is 1. The Kier molecular flexibility index (Phi) is 6.91. The molecule has 1 aliphatic carbocycles. The fourth-order valence-corrected chi connectivity index (χ4v) is 7.13. The van der Waals surface area contributed by atoms with Crippen molar-refractivity contribution in [1.82, 2.24) is 10.3 Å². The van der Waals surface area contributed by atoms with Crippen LogP contribution < -0.4 is 15.0 Å². The van der Waals surface area contributed by atoms with Gasteiger partial charge in [0.25, 0.3) is 0 Å². The van der Waals surface area contributed by atoms with Gasteiger partial charge in [0.2, 0.25) is 0 Å². The highest BCUT2D eigenvalue weighted by atomic mass is 32.1. The lowest BCUT2D eigenvalue weighted by Gasteiger charge is -2.36. The molecule has 1 aromatic heterocycles. The maximum Gasteiger partial charge on any atom is 0.309 e. The number of anilines is 1. The number of aromatic nitrogens is 1. The van der Waals surface area contributed by atoms with Crippen LogP contribution >= 0.6 is 11.3 Å². The number of fused-ring (bicyclic) bond motifs is 3. The lowest BCUT2D eigenvalue weighted by molar-refractivity contribution is -0.151. The fourth-order valence-electron chi connectivity index (χ4n) is 6.29. The summed E-state index contributed by atoms with van der Waals surface area (Å²) >= 11 is 1.68. The minimum absolute atomic E-state index is 0.00776. The van der Waals surface area contributed by atoms with Crippen molar-refractivity contribution in [3.8, 4) is 17.0 Å². The lowest BCUT2D eigenvalue weighted by Crippen LogP contribution is -2.45. The Hall–Kier alpha value is -2.90. The van der Waals surface area contributed by atoms with Gasteiger partial charge >= 0.3 is 5.97 Å². The summed E-state index contributed by atoms with van der Waals surface area (Å²) < 4.78 is 11.8. The highest BCUT2D eigenvalue weighted by Crippen LogP contribution is 2.45. The van der Waals surface area contributed by atoms with Crippen molar-refractivity contribution in [1.29, 1.82) is 0 Å². The number of nitrogens with zero attached hydrogens (tertiary/aromatic N) is 2. The number of carbonyl (C=O) groups is 1. The van der Waals surface area contributed by atoms with E-state index in [1.165, 1.54) is 22.3 Å². The topological polar surface area (TPSA) is 63.7 Å². The van der Waals surface area contributed by atoms with Crippen molar-refractivity contribution in [2.24, 2.45) is 17.8 Å². The largest absolute Gasteiger partial charge is 0.488 e. The van der Waals surface area contributed by atoms with Crippen molar-refractivity contribution in [3.63, 3.8) is 0 Å². The van der Waals surface area contributed by atoms with E-state index in [0.717, 1.165) is 67.6 Å². The van der Waals surface area contributed by atoms with E-state index in [-0.39, 0.29) is 11.9 Å². The van der Waals surface area contributed by atoms with Gasteiger partial charge in [-0.2, -0.15) is 0 Å². The Morgan fingerprint density at radius 1 is 1.14 bits per heavy atom. The molecule has 2 bridgehead atoms. The Labute approximate surface area is 223 Å². The monoisotopic (exact) mass is 517 g/mol. The van der Waals surface area contributed by atoms with E-state index in [0.29, 0.717) is 25.0 Å². The Morgan fingerprint density at radius 2 is 1.97 bits per heavy atom. The summed E-state index contributed by atoms with van der Waals surface area (Å²) in [6.45, 7) is 8.73. The summed E-state index contributed by atoms with van der Waals surface area (Å²) in [5.41, 5.74) is 7.19. The van der Waals surface area contributed by atoms with Crippen LogP contribution in [0.1, 0.15) is 42.0 Å². The van der Waals surface area contributed by atoms with Crippen LogP contribution in [0.3, 0.4) is 0 Å². The molecule has 1 saturated carbocycles. The van der Waals surface area contributed by atoms with Gasteiger partial charge in [-0.1, -0.05) is 29.8 Å². The third-order valence-electron chi connectivity index (χ3n) is 8.12. The fraction of sp³-hybridized carbons (Fsp3) is 0.467. The molecule has 3 aromatic rings. The molecule has 0 spiro atoms. The van der Waals surface area contributed by atoms with Gasteiger partial charge in [0.1, 0.15) is 12.4 Å². The van der Waals surface area contributed by atoms with Crippen LogP contribution in [0.15, 0.2) is 41.8 Å². The number of thiazole rings is 1. The van der Waals surface area contributed by atoms with Crippen LogP contribution in [-0.2, 0) is 29.1 Å². The molecule has 0 unspecified atom stereocenters. The number of nitrogens with one attached hydrogen (secondary N) is 1. The summed E-state index contributed by atoms with van der Waals surface area (Å²) in [7, 11) is 0. The third kappa shape index (κ3) is 4.99. The van der Waals surface area contributed by atoms with Gasteiger partial charge in [0.15, 0.2) is 5.13 Å². The Bertz CT molecular complexity index is 1270. The average molecular weight is 518 g/mol. The van der Waals surface area contributed by atoms with E-state index in [4.69, 9.17) is 14.5 Å². The molecule has 194 valence electrons. The Balaban J connectivity index is 1.18. The first kappa shape index (κ1) is 24.4. The van der Waals surface area contributed by atoms with Crippen LogP contribution in [0.4, 0.5) is 5.13 Å². The van der Waals surface area contributed by atoms with E-state index in [1.807, 2.05) is 6.92 Å².